The lowest BCUT2D eigenvalue weighted by molar-refractivity contribution is -0.263. The number of ether oxygens (including phenoxy) is 3. The molecule has 0 aromatic rings. The molecule has 0 spiro atoms. The zero-order valence-corrected chi connectivity index (χ0v) is 36.1. The molecule has 0 aromatic heterocycles. The number of carboxylic acids is 1. The first-order valence-corrected chi connectivity index (χ1v) is 22.0. The third kappa shape index (κ3) is 7.90. The fraction of sp³-hybridized carbons (Fsp3) is 0.867. The Hall–Kier alpha value is -2.66. The van der Waals surface area contributed by atoms with Gasteiger partial charge in [-0.2, -0.15) is 0 Å². The summed E-state index contributed by atoms with van der Waals surface area (Å²) in [6, 6.07) is -1.03. The third-order valence-corrected chi connectivity index (χ3v) is 16.5. The summed E-state index contributed by atoms with van der Waals surface area (Å²) in [5.41, 5.74) is 5.69. The number of rotatable bonds is 16. The molecular weight excluding hydrogens is 711 g/mol. The minimum Gasteiger partial charge on any atom is -0.481 e. The number of allylic oxidation sites excluding steroid dienone is 1. The number of amides is 2. The van der Waals surface area contributed by atoms with Crippen LogP contribution < -0.4 is 16.4 Å². The second-order valence-corrected chi connectivity index (χ2v) is 19.9. The summed E-state index contributed by atoms with van der Waals surface area (Å²) in [6.07, 6.45) is 11.9. The van der Waals surface area contributed by atoms with Crippen LogP contribution in [-0.4, -0.2) is 73.6 Å². The van der Waals surface area contributed by atoms with Gasteiger partial charge in [0.15, 0.2) is 0 Å². The van der Waals surface area contributed by atoms with E-state index in [1.807, 2.05) is 0 Å². The van der Waals surface area contributed by atoms with Crippen molar-refractivity contribution in [2.24, 2.45) is 62.4 Å². The predicted molar refractivity (Wildman–Crippen MR) is 216 cm³/mol. The van der Waals surface area contributed by atoms with Crippen LogP contribution in [-0.2, 0) is 28.6 Å². The lowest BCUT2D eigenvalue weighted by Crippen LogP contribution is -2.70. The molecule has 5 aliphatic rings. The Labute approximate surface area is 336 Å². The van der Waals surface area contributed by atoms with E-state index in [0.717, 1.165) is 44.9 Å². The molecule has 56 heavy (non-hydrogen) atoms. The first-order valence-electron chi connectivity index (χ1n) is 22.0. The minimum absolute atomic E-state index is 0.119. The maximum absolute atomic E-state index is 13.7. The van der Waals surface area contributed by atoms with Crippen molar-refractivity contribution < 1.29 is 38.5 Å². The molecule has 12 atom stereocenters. The zero-order valence-electron chi connectivity index (χ0n) is 36.1. The second-order valence-electron chi connectivity index (χ2n) is 19.9. The summed E-state index contributed by atoms with van der Waals surface area (Å²) in [7, 11) is 0. The number of hydrogen-bond donors (Lipinski definition) is 4. The van der Waals surface area contributed by atoms with Gasteiger partial charge in [0.1, 0.15) is 18.2 Å². The van der Waals surface area contributed by atoms with E-state index in [-0.39, 0.29) is 34.6 Å². The number of nitrogens with two attached hydrogens (primary N) is 1. The standard InChI is InChI=1S/C45H75N3O8/c1-10-11-12-14-23-47-40(53)48-24-15-13-16-33(46)39(52)56-37-34(55-30(5)49)25-45-27-54-26-42(37,7)35(45)18-17-31-32(45)19-20-44(9)36(38(50)51)41(6,29(4)28(2)3)21-22-43(31,44)8/h19,28-29,31,33-37H,10-18,20-27,46H2,1-9H3,(H,50,51)(H2,47,48,53)/t29-,31+,33?,34-,35+,36-,37+,41-,42+,43-,44+,45+/m1/s1. The van der Waals surface area contributed by atoms with Crippen molar-refractivity contribution in [2.75, 3.05) is 26.3 Å². The van der Waals surface area contributed by atoms with E-state index in [2.05, 4.69) is 72.1 Å². The molecular formula is C45H75N3O8. The van der Waals surface area contributed by atoms with Gasteiger partial charge in [-0.05, 0) is 104 Å². The average Bonchev–Trinajstić information content (AvgIpc) is 3.12. The number of urea groups is 1. The molecule has 5 N–H and O–H groups in total. The van der Waals surface area contributed by atoms with Gasteiger partial charge in [-0.25, -0.2) is 4.79 Å². The number of carbonyl (C=O) groups is 4. The minimum atomic E-state index is -0.854. The van der Waals surface area contributed by atoms with Crippen molar-refractivity contribution in [3.8, 4) is 0 Å². The van der Waals surface area contributed by atoms with E-state index < -0.39 is 58.3 Å². The van der Waals surface area contributed by atoms with Gasteiger partial charge in [0.25, 0.3) is 0 Å². The van der Waals surface area contributed by atoms with Crippen molar-refractivity contribution in [3.63, 3.8) is 0 Å². The number of carboxylic acid groups (broad SMARTS) is 1. The molecule has 4 fully saturated rings. The molecule has 1 aliphatic heterocycles. The molecule has 11 nitrogen and oxygen atoms in total. The maximum Gasteiger partial charge on any atom is 0.323 e. The summed E-state index contributed by atoms with van der Waals surface area (Å²) in [5, 5.41) is 16.8. The van der Waals surface area contributed by atoms with Crippen LogP contribution in [0.5, 0.6) is 0 Å². The van der Waals surface area contributed by atoms with Crippen LogP contribution in [0.1, 0.15) is 146 Å². The van der Waals surface area contributed by atoms with Crippen LogP contribution in [0.2, 0.25) is 0 Å². The monoisotopic (exact) mass is 786 g/mol. The molecule has 1 heterocycles. The molecule has 1 saturated heterocycles. The first-order chi connectivity index (χ1) is 26.3. The fourth-order valence-corrected chi connectivity index (χ4v) is 12.9. The van der Waals surface area contributed by atoms with Crippen LogP contribution >= 0.6 is 0 Å². The summed E-state index contributed by atoms with van der Waals surface area (Å²) < 4.78 is 19.0. The Morgan fingerprint density at radius 2 is 1.61 bits per heavy atom. The Balaban J connectivity index is 1.32. The summed E-state index contributed by atoms with van der Waals surface area (Å²) in [4.78, 5) is 51.9. The average molecular weight is 786 g/mol. The second kappa shape index (κ2) is 17.3. The number of nitrogens with one attached hydrogen (secondary N) is 2. The molecule has 3 saturated carbocycles. The molecule has 5 rings (SSSR count). The van der Waals surface area contributed by atoms with Gasteiger partial charge in [0, 0.05) is 30.8 Å². The number of unbranched alkanes of at least 4 members (excludes halogenated alkanes) is 4. The Bertz CT molecular complexity index is 1480. The van der Waals surface area contributed by atoms with E-state index in [9.17, 15) is 24.3 Å². The first kappa shape index (κ1) is 44.4. The number of aliphatic carboxylic acids is 1. The van der Waals surface area contributed by atoms with Crippen molar-refractivity contribution in [3.05, 3.63) is 11.6 Å². The molecule has 2 bridgehead atoms. The van der Waals surface area contributed by atoms with Crippen molar-refractivity contribution >= 4 is 23.9 Å². The molecule has 0 aromatic carbocycles. The quantitative estimate of drug-likeness (QED) is 0.0694. The number of carbonyl (C=O) groups excluding carboxylic acids is 3. The lowest BCUT2D eigenvalue weighted by atomic mass is 9.34. The van der Waals surface area contributed by atoms with Gasteiger partial charge in [-0.3, -0.25) is 14.4 Å². The Morgan fingerprint density at radius 3 is 2.23 bits per heavy atom. The highest BCUT2D eigenvalue weighted by Crippen LogP contribution is 2.75. The molecule has 0 radical (unpaired) electrons. The van der Waals surface area contributed by atoms with E-state index in [0.29, 0.717) is 64.3 Å². The summed E-state index contributed by atoms with van der Waals surface area (Å²) >= 11 is 0. The van der Waals surface area contributed by atoms with Crippen molar-refractivity contribution in [1.29, 1.82) is 0 Å². The Kier molecular flexibility index (Phi) is 13.7. The normalized spacial score (nSPS) is 38.5. The van der Waals surface area contributed by atoms with Gasteiger partial charge in [0.2, 0.25) is 0 Å². The number of fused-ring (bicyclic) bond motifs is 3. The van der Waals surface area contributed by atoms with E-state index >= 15 is 0 Å². The van der Waals surface area contributed by atoms with Crippen LogP contribution in [0.3, 0.4) is 0 Å². The van der Waals surface area contributed by atoms with Crippen molar-refractivity contribution in [1.82, 2.24) is 10.6 Å². The highest BCUT2D eigenvalue weighted by atomic mass is 16.6. The van der Waals surface area contributed by atoms with E-state index in [1.54, 1.807) is 0 Å². The lowest BCUT2D eigenvalue weighted by Gasteiger charge is -2.71. The fourth-order valence-electron chi connectivity index (χ4n) is 12.9. The highest BCUT2D eigenvalue weighted by Gasteiger charge is 2.72. The highest BCUT2D eigenvalue weighted by molar-refractivity contribution is 5.76. The van der Waals surface area contributed by atoms with Gasteiger partial charge >= 0.3 is 23.9 Å². The van der Waals surface area contributed by atoms with Gasteiger partial charge in [-0.1, -0.05) is 86.3 Å². The molecule has 11 heteroatoms. The zero-order chi connectivity index (χ0) is 41.3. The molecule has 4 aliphatic carbocycles. The summed E-state index contributed by atoms with van der Waals surface area (Å²) in [5.74, 6) is -1.19. The van der Waals surface area contributed by atoms with E-state index in [4.69, 9.17) is 19.9 Å². The Morgan fingerprint density at radius 1 is 0.929 bits per heavy atom. The SMILES string of the molecule is CCCCCCNC(=O)NCCCCC(N)C(=O)O[C@H]1[C@H](OC(C)=O)C[C@@]23COC[C@@]1(C)[C@@H]2CC[C@H]1C3=CC[C@@]2(C)[C@H](C(=O)O)[C@@](C)([C@H](C)C(C)C)CC[C@]12C. The summed E-state index contributed by atoms with van der Waals surface area (Å²) in [6.45, 7) is 21.2. The van der Waals surface area contributed by atoms with Crippen LogP contribution in [0.15, 0.2) is 11.6 Å². The topological polar surface area (TPSA) is 166 Å². The maximum atomic E-state index is 13.7. The smallest absolute Gasteiger partial charge is 0.323 e. The number of hydrogen-bond acceptors (Lipinski definition) is 8. The molecule has 318 valence electrons. The number of esters is 2. The van der Waals surface area contributed by atoms with Crippen LogP contribution in [0.4, 0.5) is 4.79 Å². The van der Waals surface area contributed by atoms with Gasteiger partial charge in [0.05, 0.1) is 19.1 Å². The molecule has 2 amide bonds. The van der Waals surface area contributed by atoms with E-state index in [1.165, 1.54) is 18.9 Å². The van der Waals surface area contributed by atoms with Crippen LogP contribution in [0.25, 0.3) is 0 Å². The van der Waals surface area contributed by atoms with Crippen LogP contribution in [0, 0.1) is 56.7 Å². The third-order valence-electron chi connectivity index (χ3n) is 16.5. The van der Waals surface area contributed by atoms with Gasteiger partial charge < -0.3 is 35.7 Å². The van der Waals surface area contributed by atoms with Crippen molar-refractivity contribution in [2.45, 2.75) is 164 Å². The van der Waals surface area contributed by atoms with Gasteiger partial charge in [-0.15, -0.1) is 0 Å². The largest absolute Gasteiger partial charge is 0.481 e. The predicted octanol–water partition coefficient (Wildman–Crippen LogP) is 7.80. The molecule has 1 unspecified atom stereocenters.